The molecule has 0 heterocycles. The Labute approximate surface area is 193 Å². The molecule has 0 unspecified atom stereocenters. The third-order valence-corrected chi connectivity index (χ3v) is 7.56. The van der Waals surface area contributed by atoms with Gasteiger partial charge in [-0.2, -0.15) is 0 Å². The number of benzene rings is 3. The van der Waals surface area contributed by atoms with Gasteiger partial charge in [-0.05, 0) is 155 Å². The molecular formula is C30H36O2. The normalized spacial score (nSPS) is 11.1. The summed E-state index contributed by atoms with van der Waals surface area (Å²) in [6.07, 6.45) is 0. The maximum atomic E-state index is 13.2. The molecule has 3 rings (SSSR count). The third kappa shape index (κ3) is 3.88. The Morgan fingerprint density at radius 2 is 1.09 bits per heavy atom. The van der Waals surface area contributed by atoms with E-state index >= 15 is 0 Å². The lowest BCUT2D eigenvalue weighted by atomic mass is 9.85. The second-order valence-corrected chi connectivity index (χ2v) is 9.46. The van der Waals surface area contributed by atoms with Crippen LogP contribution in [0.15, 0.2) is 18.2 Å². The number of carbonyl (C=O) groups excluding carboxylic acids is 1. The summed E-state index contributed by atoms with van der Waals surface area (Å²) in [5.74, 6) is 0.361. The van der Waals surface area contributed by atoms with E-state index in [-0.39, 0.29) is 5.97 Å². The number of aryl methyl sites for hydroxylation is 4. The first-order valence-electron chi connectivity index (χ1n) is 11.3. The number of ether oxygens (including phenoxy) is 1. The van der Waals surface area contributed by atoms with E-state index in [0.717, 1.165) is 33.4 Å². The molecule has 0 amide bonds. The Kier molecular flexibility index (Phi) is 6.38. The lowest BCUT2D eigenvalue weighted by molar-refractivity contribution is 0.0732. The van der Waals surface area contributed by atoms with E-state index in [1.54, 1.807) is 0 Å². The number of rotatable bonds is 3. The Bertz CT molecular complexity index is 1260. The van der Waals surface area contributed by atoms with Crippen molar-refractivity contribution < 1.29 is 9.53 Å². The van der Waals surface area contributed by atoms with Gasteiger partial charge in [-0.15, -0.1) is 0 Å². The van der Waals surface area contributed by atoms with Crippen molar-refractivity contribution in [3.05, 3.63) is 85.0 Å². The quantitative estimate of drug-likeness (QED) is 0.312. The third-order valence-electron chi connectivity index (χ3n) is 7.56. The summed E-state index contributed by atoms with van der Waals surface area (Å²) < 4.78 is 6.00. The molecule has 3 aromatic carbocycles. The van der Waals surface area contributed by atoms with Crippen LogP contribution in [0.5, 0.6) is 5.75 Å². The fourth-order valence-corrected chi connectivity index (χ4v) is 4.79. The van der Waals surface area contributed by atoms with Gasteiger partial charge in [0.1, 0.15) is 5.75 Å². The van der Waals surface area contributed by atoms with Crippen LogP contribution in [-0.2, 0) is 0 Å². The molecule has 0 saturated carbocycles. The second kappa shape index (κ2) is 8.58. The Balaban J connectivity index is 2.10. The van der Waals surface area contributed by atoms with Crippen LogP contribution in [0.1, 0.15) is 71.6 Å². The van der Waals surface area contributed by atoms with Gasteiger partial charge in [0, 0.05) is 0 Å². The van der Waals surface area contributed by atoms with E-state index in [9.17, 15) is 4.79 Å². The molecule has 0 aliphatic rings. The Morgan fingerprint density at radius 1 is 0.531 bits per heavy atom. The molecule has 0 radical (unpaired) electrons. The molecule has 0 saturated heterocycles. The molecule has 2 nitrogen and oxygen atoms in total. The van der Waals surface area contributed by atoms with Crippen molar-refractivity contribution >= 4 is 5.97 Å². The van der Waals surface area contributed by atoms with Crippen molar-refractivity contribution in [2.75, 3.05) is 0 Å². The summed E-state index contributed by atoms with van der Waals surface area (Å²) in [6.45, 7) is 23.2. The number of hydrogen-bond donors (Lipinski definition) is 0. The topological polar surface area (TPSA) is 26.3 Å². The monoisotopic (exact) mass is 428 g/mol. The predicted molar refractivity (Wildman–Crippen MR) is 135 cm³/mol. The van der Waals surface area contributed by atoms with Crippen molar-refractivity contribution in [1.29, 1.82) is 0 Å². The zero-order chi connectivity index (χ0) is 24.1. The molecule has 0 spiro atoms. The number of hydrogen-bond acceptors (Lipinski definition) is 2. The minimum Gasteiger partial charge on any atom is -0.423 e. The van der Waals surface area contributed by atoms with Crippen LogP contribution in [0.4, 0.5) is 0 Å². The lowest BCUT2D eigenvalue weighted by Gasteiger charge is -2.21. The standard InChI is InChI=1S/C30H36O2/c1-15-12-17(3)29(24(10)20(15)6)30(31)32-27-14-18(4)28(25(11)23(27)9)26-13-16(2)19(5)21(7)22(26)8/h12-14H,1-11H3. The van der Waals surface area contributed by atoms with Crippen molar-refractivity contribution in [1.82, 2.24) is 0 Å². The predicted octanol–water partition coefficient (Wildman–Crippen LogP) is 7.97. The van der Waals surface area contributed by atoms with Crippen LogP contribution in [0.3, 0.4) is 0 Å². The Hall–Kier alpha value is -2.87. The second-order valence-electron chi connectivity index (χ2n) is 9.46. The number of carbonyl (C=O) groups is 1. The highest BCUT2D eigenvalue weighted by molar-refractivity contribution is 5.95. The highest BCUT2D eigenvalue weighted by Crippen LogP contribution is 2.38. The number of esters is 1. The SMILES string of the molecule is Cc1cc(-c2c(C)cc(OC(=O)c3c(C)cc(C)c(C)c3C)c(C)c2C)c(C)c(C)c1C. The fraction of sp³-hybridized carbons (Fsp3) is 0.367. The van der Waals surface area contributed by atoms with Gasteiger partial charge in [0.2, 0.25) is 0 Å². The van der Waals surface area contributed by atoms with E-state index in [1.807, 2.05) is 26.8 Å². The molecule has 32 heavy (non-hydrogen) atoms. The van der Waals surface area contributed by atoms with E-state index in [0.29, 0.717) is 11.3 Å². The first-order valence-corrected chi connectivity index (χ1v) is 11.3. The van der Waals surface area contributed by atoms with Gasteiger partial charge in [-0.25, -0.2) is 4.79 Å². The molecule has 0 aliphatic carbocycles. The van der Waals surface area contributed by atoms with E-state index in [2.05, 4.69) is 67.5 Å². The molecule has 2 heteroatoms. The van der Waals surface area contributed by atoms with Gasteiger partial charge in [0.15, 0.2) is 0 Å². The molecule has 0 bridgehead atoms. The molecule has 168 valence electrons. The van der Waals surface area contributed by atoms with Crippen LogP contribution >= 0.6 is 0 Å². The van der Waals surface area contributed by atoms with Crippen LogP contribution in [0.25, 0.3) is 11.1 Å². The first-order chi connectivity index (χ1) is 14.9. The zero-order valence-electron chi connectivity index (χ0n) is 21.5. The van der Waals surface area contributed by atoms with Gasteiger partial charge >= 0.3 is 5.97 Å². The van der Waals surface area contributed by atoms with Gasteiger partial charge in [-0.3, -0.25) is 0 Å². The molecule has 3 aromatic rings. The van der Waals surface area contributed by atoms with Crippen molar-refractivity contribution in [2.24, 2.45) is 0 Å². The smallest absolute Gasteiger partial charge is 0.344 e. The maximum absolute atomic E-state index is 13.2. The molecule has 0 N–H and O–H groups in total. The van der Waals surface area contributed by atoms with Crippen LogP contribution in [0, 0.1) is 76.2 Å². The molecular weight excluding hydrogens is 392 g/mol. The summed E-state index contributed by atoms with van der Waals surface area (Å²) in [6, 6.07) is 6.38. The zero-order valence-corrected chi connectivity index (χ0v) is 21.5. The summed E-state index contributed by atoms with van der Waals surface area (Å²) in [4.78, 5) is 13.2. The molecule has 0 fully saturated rings. The molecule has 0 aliphatic heterocycles. The summed E-state index contributed by atoms with van der Waals surface area (Å²) in [7, 11) is 0. The van der Waals surface area contributed by atoms with Crippen molar-refractivity contribution in [2.45, 2.75) is 76.2 Å². The summed E-state index contributed by atoms with van der Waals surface area (Å²) in [5, 5.41) is 0. The first kappa shape index (κ1) is 23.8. The lowest BCUT2D eigenvalue weighted by Crippen LogP contribution is -2.15. The summed E-state index contributed by atoms with van der Waals surface area (Å²) >= 11 is 0. The average Bonchev–Trinajstić information content (AvgIpc) is 2.72. The Morgan fingerprint density at radius 3 is 1.72 bits per heavy atom. The van der Waals surface area contributed by atoms with E-state index in [4.69, 9.17) is 4.74 Å². The highest BCUT2D eigenvalue weighted by atomic mass is 16.5. The minimum absolute atomic E-state index is 0.282. The van der Waals surface area contributed by atoms with Gasteiger partial charge in [0.05, 0.1) is 5.56 Å². The van der Waals surface area contributed by atoms with E-state index < -0.39 is 0 Å². The van der Waals surface area contributed by atoms with Gasteiger partial charge in [-0.1, -0.05) is 12.1 Å². The minimum atomic E-state index is -0.282. The van der Waals surface area contributed by atoms with Crippen LogP contribution in [-0.4, -0.2) is 5.97 Å². The average molecular weight is 429 g/mol. The summed E-state index contributed by atoms with van der Waals surface area (Å²) in [5.41, 5.74) is 16.1. The largest absolute Gasteiger partial charge is 0.423 e. The fourth-order valence-electron chi connectivity index (χ4n) is 4.79. The van der Waals surface area contributed by atoms with Crippen LogP contribution < -0.4 is 4.74 Å². The van der Waals surface area contributed by atoms with Crippen molar-refractivity contribution in [3.8, 4) is 16.9 Å². The van der Waals surface area contributed by atoms with Crippen molar-refractivity contribution in [3.63, 3.8) is 0 Å². The van der Waals surface area contributed by atoms with Gasteiger partial charge < -0.3 is 4.74 Å². The van der Waals surface area contributed by atoms with E-state index in [1.165, 1.54) is 38.9 Å². The highest BCUT2D eigenvalue weighted by Gasteiger charge is 2.21. The molecule has 0 atom stereocenters. The maximum Gasteiger partial charge on any atom is 0.344 e. The molecule has 0 aromatic heterocycles. The van der Waals surface area contributed by atoms with Crippen LogP contribution in [0.2, 0.25) is 0 Å². The van der Waals surface area contributed by atoms with Gasteiger partial charge in [0.25, 0.3) is 0 Å².